The molecule has 2 amide bonds. The van der Waals surface area contributed by atoms with Crippen LogP contribution in [0.5, 0.6) is 0 Å². The molecule has 0 aliphatic carbocycles. The molecule has 1 N–H and O–H groups in total. The Morgan fingerprint density at radius 1 is 1.23 bits per heavy atom. The number of hydrogen-bond acceptors (Lipinski definition) is 6. The fourth-order valence-corrected chi connectivity index (χ4v) is 3.26. The molecule has 1 aromatic carbocycles. The predicted octanol–water partition coefficient (Wildman–Crippen LogP) is 4.27. The Kier molecular flexibility index (Phi) is 6.31. The second kappa shape index (κ2) is 8.74. The van der Waals surface area contributed by atoms with E-state index in [0.29, 0.717) is 17.9 Å². The number of aromatic nitrogens is 2. The number of carbonyl (C=O) groups is 2. The molecule has 158 valence electrons. The van der Waals surface area contributed by atoms with Crippen molar-refractivity contribution in [2.75, 3.05) is 4.90 Å². The maximum Gasteiger partial charge on any atom is 0.280 e. The standard InChI is InChI=1S/C21H23FN4O3S/c1-5-21(3,4)23-19(27)18(17-11-6-13(2)29-17)26(15-9-7-14(22)8-10-15)20(28)16-12-30-25-24-16/h6-12,18H,5H2,1-4H3,(H,23,27)/t18-/m0/s1. The van der Waals surface area contributed by atoms with E-state index in [4.69, 9.17) is 4.42 Å². The smallest absolute Gasteiger partial charge is 0.280 e. The molecular formula is C21H23FN4O3S. The third-order valence-corrected chi connectivity index (χ3v) is 5.29. The zero-order chi connectivity index (χ0) is 21.9. The van der Waals surface area contributed by atoms with Crippen molar-refractivity contribution in [3.8, 4) is 0 Å². The van der Waals surface area contributed by atoms with E-state index >= 15 is 0 Å². The Labute approximate surface area is 178 Å². The molecule has 0 saturated heterocycles. The number of amides is 2. The summed E-state index contributed by atoms with van der Waals surface area (Å²) in [6, 6.07) is 7.59. The number of benzene rings is 1. The van der Waals surface area contributed by atoms with Crippen LogP contribution < -0.4 is 10.2 Å². The third kappa shape index (κ3) is 4.73. The van der Waals surface area contributed by atoms with Gasteiger partial charge in [-0.2, -0.15) is 0 Å². The molecule has 1 atom stereocenters. The van der Waals surface area contributed by atoms with Crippen LogP contribution in [0.15, 0.2) is 46.2 Å². The number of nitrogens with zero attached hydrogens (tertiary/aromatic N) is 3. The van der Waals surface area contributed by atoms with Gasteiger partial charge in [-0.25, -0.2) is 4.39 Å². The summed E-state index contributed by atoms with van der Waals surface area (Å²) in [4.78, 5) is 28.0. The summed E-state index contributed by atoms with van der Waals surface area (Å²) in [5, 5.41) is 8.32. The molecule has 0 bridgehead atoms. The summed E-state index contributed by atoms with van der Waals surface area (Å²) < 4.78 is 23.1. The quantitative estimate of drug-likeness (QED) is 0.605. The van der Waals surface area contributed by atoms with E-state index in [0.717, 1.165) is 11.5 Å². The number of carbonyl (C=O) groups excluding carboxylic acids is 2. The van der Waals surface area contributed by atoms with Crippen LogP contribution in [-0.4, -0.2) is 26.9 Å². The van der Waals surface area contributed by atoms with Crippen LogP contribution in [-0.2, 0) is 4.79 Å². The number of aryl methyl sites for hydroxylation is 1. The first-order chi connectivity index (χ1) is 14.2. The van der Waals surface area contributed by atoms with Crippen molar-refractivity contribution in [3.05, 3.63) is 64.8 Å². The number of hydrogen-bond donors (Lipinski definition) is 1. The van der Waals surface area contributed by atoms with E-state index in [-0.39, 0.29) is 11.5 Å². The fraction of sp³-hybridized carbons (Fsp3) is 0.333. The lowest BCUT2D eigenvalue weighted by Gasteiger charge is -2.33. The van der Waals surface area contributed by atoms with Crippen molar-refractivity contribution in [2.24, 2.45) is 0 Å². The zero-order valence-electron chi connectivity index (χ0n) is 17.2. The SMILES string of the molecule is CCC(C)(C)NC(=O)[C@H](c1ccc(C)o1)N(C(=O)c1csnn1)c1ccc(F)cc1. The Balaban J connectivity index is 2.13. The summed E-state index contributed by atoms with van der Waals surface area (Å²) in [5.74, 6) is -0.531. The second-order valence-corrected chi connectivity index (χ2v) is 8.13. The summed E-state index contributed by atoms with van der Waals surface area (Å²) >= 11 is 1.02. The van der Waals surface area contributed by atoms with Gasteiger partial charge in [0, 0.05) is 16.6 Å². The third-order valence-electron chi connectivity index (χ3n) is 4.79. The van der Waals surface area contributed by atoms with E-state index in [2.05, 4.69) is 14.9 Å². The lowest BCUT2D eigenvalue weighted by atomic mass is 10.0. The number of halogens is 1. The molecule has 0 aliphatic heterocycles. The van der Waals surface area contributed by atoms with Crippen molar-refractivity contribution in [3.63, 3.8) is 0 Å². The average Bonchev–Trinajstić information content (AvgIpc) is 3.38. The molecular weight excluding hydrogens is 407 g/mol. The molecule has 7 nitrogen and oxygen atoms in total. The van der Waals surface area contributed by atoms with Gasteiger partial charge in [0.05, 0.1) is 0 Å². The van der Waals surface area contributed by atoms with Gasteiger partial charge in [0.15, 0.2) is 11.7 Å². The Morgan fingerprint density at radius 3 is 2.47 bits per heavy atom. The first-order valence-electron chi connectivity index (χ1n) is 9.46. The van der Waals surface area contributed by atoms with Gasteiger partial charge in [0.1, 0.15) is 17.3 Å². The van der Waals surface area contributed by atoms with Gasteiger partial charge in [-0.05, 0) is 75.1 Å². The van der Waals surface area contributed by atoms with Gasteiger partial charge in [-0.1, -0.05) is 11.4 Å². The summed E-state index contributed by atoms with van der Waals surface area (Å²) in [7, 11) is 0. The Morgan fingerprint density at radius 2 is 1.93 bits per heavy atom. The normalized spacial score (nSPS) is 12.4. The van der Waals surface area contributed by atoms with Crippen molar-refractivity contribution >= 4 is 29.0 Å². The van der Waals surface area contributed by atoms with E-state index < -0.39 is 29.2 Å². The Bertz CT molecular complexity index is 1020. The monoisotopic (exact) mass is 430 g/mol. The van der Waals surface area contributed by atoms with Gasteiger partial charge in [0.25, 0.3) is 11.8 Å². The minimum atomic E-state index is -1.12. The minimum Gasteiger partial charge on any atom is -0.464 e. The van der Waals surface area contributed by atoms with Crippen LogP contribution in [0.25, 0.3) is 0 Å². The molecule has 0 spiro atoms. The summed E-state index contributed by atoms with van der Waals surface area (Å²) in [6.07, 6.45) is 0.684. The lowest BCUT2D eigenvalue weighted by molar-refractivity contribution is -0.124. The maximum absolute atomic E-state index is 13.6. The van der Waals surface area contributed by atoms with Crippen molar-refractivity contribution in [2.45, 2.75) is 45.7 Å². The molecule has 2 heterocycles. The highest BCUT2D eigenvalue weighted by Crippen LogP contribution is 2.31. The molecule has 0 radical (unpaired) electrons. The number of anilines is 1. The van der Waals surface area contributed by atoms with Gasteiger partial charge in [-0.15, -0.1) is 5.10 Å². The molecule has 9 heteroatoms. The van der Waals surface area contributed by atoms with E-state index in [9.17, 15) is 14.0 Å². The second-order valence-electron chi connectivity index (χ2n) is 7.52. The van der Waals surface area contributed by atoms with Crippen LogP contribution in [0.1, 0.15) is 55.2 Å². The van der Waals surface area contributed by atoms with Crippen LogP contribution in [0.2, 0.25) is 0 Å². The topological polar surface area (TPSA) is 88.3 Å². The van der Waals surface area contributed by atoms with Crippen LogP contribution in [0.3, 0.4) is 0 Å². The largest absolute Gasteiger partial charge is 0.464 e. The van der Waals surface area contributed by atoms with E-state index in [1.54, 1.807) is 19.1 Å². The fourth-order valence-electron chi connectivity index (χ4n) is 2.83. The van der Waals surface area contributed by atoms with Crippen LogP contribution >= 0.6 is 11.5 Å². The van der Waals surface area contributed by atoms with Crippen LogP contribution in [0, 0.1) is 12.7 Å². The number of furan rings is 1. The van der Waals surface area contributed by atoms with Gasteiger partial charge < -0.3 is 9.73 Å². The number of nitrogens with one attached hydrogen (secondary N) is 1. The number of rotatable bonds is 7. The van der Waals surface area contributed by atoms with Crippen LogP contribution in [0.4, 0.5) is 10.1 Å². The van der Waals surface area contributed by atoms with Crippen molar-refractivity contribution < 1.29 is 18.4 Å². The molecule has 3 aromatic rings. The lowest BCUT2D eigenvalue weighted by Crippen LogP contribution is -2.50. The Hall–Kier alpha value is -3.07. The van der Waals surface area contributed by atoms with Gasteiger partial charge >= 0.3 is 0 Å². The zero-order valence-corrected chi connectivity index (χ0v) is 18.0. The molecule has 30 heavy (non-hydrogen) atoms. The van der Waals surface area contributed by atoms with E-state index in [1.165, 1.54) is 34.5 Å². The maximum atomic E-state index is 13.6. The van der Waals surface area contributed by atoms with Gasteiger partial charge in [-0.3, -0.25) is 14.5 Å². The molecule has 0 aliphatic rings. The average molecular weight is 431 g/mol. The predicted molar refractivity (Wildman–Crippen MR) is 112 cm³/mol. The van der Waals surface area contributed by atoms with E-state index in [1.807, 2.05) is 20.8 Å². The minimum absolute atomic E-state index is 0.0835. The first kappa shape index (κ1) is 21.6. The highest BCUT2D eigenvalue weighted by atomic mass is 32.1. The molecule has 0 saturated carbocycles. The molecule has 3 rings (SSSR count). The highest BCUT2D eigenvalue weighted by Gasteiger charge is 2.38. The van der Waals surface area contributed by atoms with Gasteiger partial charge in [0.2, 0.25) is 0 Å². The summed E-state index contributed by atoms with van der Waals surface area (Å²) in [6.45, 7) is 7.49. The molecule has 0 fully saturated rings. The highest BCUT2D eigenvalue weighted by molar-refractivity contribution is 7.03. The molecule has 0 unspecified atom stereocenters. The molecule has 2 aromatic heterocycles. The summed E-state index contributed by atoms with van der Waals surface area (Å²) in [5.41, 5.74) is -0.0884. The van der Waals surface area contributed by atoms with Crippen molar-refractivity contribution in [1.29, 1.82) is 0 Å². The van der Waals surface area contributed by atoms with Crippen molar-refractivity contribution in [1.82, 2.24) is 14.9 Å². The first-order valence-corrected chi connectivity index (χ1v) is 10.3.